The maximum absolute atomic E-state index is 13.0. The molecule has 4 rings (SSSR count). The van der Waals surface area contributed by atoms with Gasteiger partial charge in [-0.3, -0.25) is 9.69 Å². The maximum atomic E-state index is 13.0. The number of rotatable bonds is 11. The molecule has 2 atom stereocenters. The van der Waals surface area contributed by atoms with Gasteiger partial charge in [0.15, 0.2) is 23.0 Å². The van der Waals surface area contributed by atoms with Gasteiger partial charge in [0.2, 0.25) is 5.91 Å². The fourth-order valence-corrected chi connectivity index (χ4v) is 5.63. The first-order chi connectivity index (χ1) is 18.6. The van der Waals surface area contributed by atoms with Gasteiger partial charge in [-0.2, -0.15) is 0 Å². The highest BCUT2D eigenvalue weighted by atomic mass is 16.5. The van der Waals surface area contributed by atoms with Gasteiger partial charge in [0.05, 0.1) is 47.6 Å². The fraction of sp³-hybridized carbons (Fsp3) is 0.567. The lowest BCUT2D eigenvalue weighted by Gasteiger charge is -2.44. The van der Waals surface area contributed by atoms with Gasteiger partial charge in [-0.15, -0.1) is 0 Å². The number of methoxy groups -OCH3 is 4. The Kier molecular flexibility index (Phi) is 10.1. The molecule has 8 heteroatoms. The van der Waals surface area contributed by atoms with Crippen molar-refractivity contribution in [2.24, 2.45) is 0 Å². The second-order valence-corrected chi connectivity index (χ2v) is 9.98. The van der Waals surface area contributed by atoms with Crippen LogP contribution in [0.25, 0.3) is 0 Å². The van der Waals surface area contributed by atoms with Crippen molar-refractivity contribution >= 4 is 5.91 Å². The Morgan fingerprint density at radius 1 is 0.763 bits per heavy atom. The lowest BCUT2D eigenvalue weighted by Crippen LogP contribution is -2.56. The maximum Gasteiger partial charge on any atom is 0.227 e. The zero-order chi connectivity index (χ0) is 26.9. The molecule has 2 aromatic rings. The van der Waals surface area contributed by atoms with Crippen molar-refractivity contribution in [1.82, 2.24) is 9.80 Å². The largest absolute Gasteiger partial charge is 0.493 e. The van der Waals surface area contributed by atoms with Gasteiger partial charge in [0.25, 0.3) is 0 Å². The van der Waals surface area contributed by atoms with E-state index in [9.17, 15) is 4.79 Å². The number of piperazine rings is 1. The Bertz CT molecular complexity index is 1050. The Hall–Kier alpha value is -2.97. The van der Waals surface area contributed by atoms with E-state index >= 15 is 0 Å². The molecule has 38 heavy (non-hydrogen) atoms. The highest BCUT2D eigenvalue weighted by Crippen LogP contribution is 2.30. The van der Waals surface area contributed by atoms with Crippen LogP contribution in [0.5, 0.6) is 23.0 Å². The van der Waals surface area contributed by atoms with Crippen LogP contribution in [0, 0.1) is 0 Å². The molecule has 1 saturated carbocycles. The van der Waals surface area contributed by atoms with E-state index in [4.69, 9.17) is 23.7 Å². The molecule has 0 aromatic heterocycles. The van der Waals surface area contributed by atoms with Crippen LogP contribution in [0.15, 0.2) is 36.4 Å². The first-order valence-electron chi connectivity index (χ1n) is 13.6. The molecule has 2 fully saturated rings. The minimum Gasteiger partial charge on any atom is -0.493 e. The van der Waals surface area contributed by atoms with Crippen LogP contribution in [0.3, 0.4) is 0 Å². The topological polar surface area (TPSA) is 69.7 Å². The summed E-state index contributed by atoms with van der Waals surface area (Å²) in [6.07, 6.45) is 6.13. The Morgan fingerprint density at radius 2 is 1.34 bits per heavy atom. The molecule has 1 aliphatic heterocycles. The van der Waals surface area contributed by atoms with Gasteiger partial charge in [-0.05, 0) is 54.7 Å². The third-order valence-corrected chi connectivity index (χ3v) is 7.78. The summed E-state index contributed by atoms with van der Waals surface area (Å²) in [5.74, 6) is 2.97. The van der Waals surface area contributed by atoms with E-state index in [1.807, 2.05) is 35.2 Å². The summed E-state index contributed by atoms with van der Waals surface area (Å²) in [7, 11) is 6.54. The van der Waals surface area contributed by atoms with E-state index in [2.05, 4.69) is 11.0 Å². The molecule has 2 aromatic carbocycles. The molecule has 0 N–H and O–H groups in total. The van der Waals surface area contributed by atoms with Crippen LogP contribution in [0.2, 0.25) is 0 Å². The molecule has 1 heterocycles. The van der Waals surface area contributed by atoms with Gasteiger partial charge in [-0.1, -0.05) is 25.0 Å². The highest BCUT2D eigenvalue weighted by Gasteiger charge is 2.33. The molecule has 1 saturated heterocycles. The molecule has 208 valence electrons. The zero-order valence-electron chi connectivity index (χ0n) is 23.2. The van der Waals surface area contributed by atoms with Crippen molar-refractivity contribution in [2.75, 3.05) is 61.2 Å². The predicted molar refractivity (Wildman–Crippen MR) is 147 cm³/mol. The average Bonchev–Trinajstić information content (AvgIpc) is 2.97. The van der Waals surface area contributed by atoms with Crippen molar-refractivity contribution in [2.45, 2.75) is 50.7 Å². The van der Waals surface area contributed by atoms with E-state index in [1.165, 1.54) is 18.4 Å². The third kappa shape index (κ3) is 6.91. The van der Waals surface area contributed by atoms with Gasteiger partial charge >= 0.3 is 0 Å². The van der Waals surface area contributed by atoms with Crippen LogP contribution in [-0.4, -0.2) is 89.1 Å². The lowest BCUT2D eigenvalue weighted by molar-refractivity contribution is -0.133. The minimum atomic E-state index is 0.156. The smallest absolute Gasteiger partial charge is 0.227 e. The summed E-state index contributed by atoms with van der Waals surface area (Å²) in [6, 6.07) is 12.1. The number of benzene rings is 2. The highest BCUT2D eigenvalue weighted by molar-refractivity contribution is 5.79. The fourth-order valence-electron chi connectivity index (χ4n) is 5.63. The molecule has 1 aliphatic carbocycles. The van der Waals surface area contributed by atoms with Crippen LogP contribution < -0.4 is 18.9 Å². The zero-order valence-corrected chi connectivity index (χ0v) is 23.2. The van der Waals surface area contributed by atoms with Gasteiger partial charge < -0.3 is 28.6 Å². The molecule has 0 bridgehead atoms. The summed E-state index contributed by atoms with van der Waals surface area (Å²) in [6.45, 7) is 3.96. The molecular weight excluding hydrogens is 484 g/mol. The number of hydrogen-bond donors (Lipinski definition) is 0. The second kappa shape index (κ2) is 13.7. The Labute approximate surface area is 226 Å². The summed E-state index contributed by atoms with van der Waals surface area (Å²) in [5.41, 5.74) is 2.11. The molecule has 1 amide bonds. The molecule has 2 unspecified atom stereocenters. The monoisotopic (exact) mass is 526 g/mol. The second-order valence-electron chi connectivity index (χ2n) is 9.98. The number of carbonyl (C=O) groups excluding carboxylic acids is 1. The van der Waals surface area contributed by atoms with Crippen LogP contribution in [0.4, 0.5) is 0 Å². The number of nitrogens with zero attached hydrogens (tertiary/aromatic N) is 2. The summed E-state index contributed by atoms with van der Waals surface area (Å²) in [4.78, 5) is 17.6. The van der Waals surface area contributed by atoms with Crippen LogP contribution in [0.1, 0.15) is 36.8 Å². The summed E-state index contributed by atoms with van der Waals surface area (Å²) in [5, 5.41) is 0. The van der Waals surface area contributed by atoms with E-state index in [0.29, 0.717) is 30.6 Å². The summed E-state index contributed by atoms with van der Waals surface area (Å²) >= 11 is 0. The quantitative estimate of drug-likeness (QED) is 0.439. The summed E-state index contributed by atoms with van der Waals surface area (Å²) < 4.78 is 27.9. The van der Waals surface area contributed by atoms with E-state index in [1.54, 1.807) is 28.4 Å². The minimum absolute atomic E-state index is 0.156. The van der Waals surface area contributed by atoms with E-state index in [-0.39, 0.29) is 12.0 Å². The average molecular weight is 527 g/mol. The normalized spacial score (nSPS) is 20.2. The lowest BCUT2D eigenvalue weighted by atomic mass is 9.90. The molecule has 8 nitrogen and oxygen atoms in total. The number of carbonyl (C=O) groups is 1. The number of ether oxygens (including phenoxy) is 5. The van der Waals surface area contributed by atoms with Crippen molar-refractivity contribution in [1.29, 1.82) is 0 Å². The number of hydrogen-bond acceptors (Lipinski definition) is 7. The molecule has 0 radical (unpaired) electrons. The SMILES string of the molecule is COc1ccc(CCOC2CCCCC2N2CCN(C(=O)Cc3ccc(OC)c(OC)c3)CC2)cc1OC. The van der Waals surface area contributed by atoms with Crippen molar-refractivity contribution in [3.05, 3.63) is 47.5 Å². The molecular formula is C30H42N2O6. The predicted octanol–water partition coefficient (Wildman–Crippen LogP) is 3.98. The molecule has 2 aliphatic rings. The van der Waals surface area contributed by atoms with Crippen LogP contribution in [-0.2, 0) is 22.4 Å². The Morgan fingerprint density at radius 3 is 1.97 bits per heavy atom. The molecule has 0 spiro atoms. The Balaban J connectivity index is 1.27. The van der Waals surface area contributed by atoms with Gasteiger partial charge in [0.1, 0.15) is 0 Å². The first kappa shape index (κ1) is 28.0. The van der Waals surface area contributed by atoms with E-state index < -0.39 is 0 Å². The first-order valence-corrected chi connectivity index (χ1v) is 13.6. The van der Waals surface area contributed by atoms with Crippen LogP contribution >= 0.6 is 0 Å². The van der Waals surface area contributed by atoms with E-state index in [0.717, 1.165) is 62.5 Å². The van der Waals surface area contributed by atoms with Crippen molar-refractivity contribution < 1.29 is 28.5 Å². The van der Waals surface area contributed by atoms with Gasteiger partial charge in [-0.25, -0.2) is 0 Å². The number of amides is 1. The standard InChI is InChI=1S/C30H42N2O6/c1-34-26-11-9-22(19-28(26)36-3)13-18-38-25-8-6-5-7-24(25)31-14-16-32(17-15-31)30(33)21-23-10-12-27(35-2)29(20-23)37-4/h9-12,19-20,24-25H,5-8,13-18,21H2,1-4H3. The van der Waals surface area contributed by atoms with Crippen molar-refractivity contribution in [3.8, 4) is 23.0 Å². The third-order valence-electron chi connectivity index (χ3n) is 7.78. The van der Waals surface area contributed by atoms with Crippen molar-refractivity contribution in [3.63, 3.8) is 0 Å². The van der Waals surface area contributed by atoms with Gasteiger partial charge in [0, 0.05) is 32.2 Å².